The molecule has 110 valence electrons. The van der Waals surface area contributed by atoms with Gasteiger partial charge in [-0.25, -0.2) is 9.97 Å². The van der Waals surface area contributed by atoms with Crippen molar-refractivity contribution in [3.8, 4) is 0 Å². The second-order valence-corrected chi connectivity index (χ2v) is 5.99. The molecule has 3 rings (SSSR count). The van der Waals surface area contributed by atoms with Crippen LogP contribution >= 0.6 is 0 Å². The molecule has 3 N–H and O–H groups in total. The summed E-state index contributed by atoms with van der Waals surface area (Å²) in [5, 5.41) is 3.48. The van der Waals surface area contributed by atoms with Crippen LogP contribution in [0.2, 0.25) is 0 Å². The van der Waals surface area contributed by atoms with Crippen molar-refractivity contribution in [1.82, 2.24) is 9.97 Å². The number of rotatable bonds is 4. The molecule has 1 aromatic heterocycles. The predicted molar refractivity (Wildman–Crippen MR) is 86.4 cm³/mol. The molecule has 2 aromatic rings. The van der Waals surface area contributed by atoms with Crippen molar-refractivity contribution in [2.24, 2.45) is 0 Å². The van der Waals surface area contributed by atoms with Crippen LogP contribution in [0.1, 0.15) is 54.2 Å². The van der Waals surface area contributed by atoms with Crippen LogP contribution in [0.3, 0.4) is 0 Å². The van der Waals surface area contributed by atoms with Crippen LogP contribution in [-0.4, -0.2) is 9.97 Å². The van der Waals surface area contributed by atoms with Gasteiger partial charge >= 0.3 is 0 Å². The van der Waals surface area contributed by atoms with E-state index in [1.54, 1.807) is 0 Å². The van der Waals surface area contributed by atoms with Crippen molar-refractivity contribution in [3.05, 3.63) is 46.8 Å². The molecule has 0 spiro atoms. The van der Waals surface area contributed by atoms with Gasteiger partial charge in [0.05, 0.1) is 0 Å². The van der Waals surface area contributed by atoms with Crippen LogP contribution in [0.4, 0.5) is 11.6 Å². The molecule has 0 bridgehead atoms. The maximum atomic E-state index is 6.03. The van der Waals surface area contributed by atoms with Gasteiger partial charge in [0, 0.05) is 17.5 Å². The average Bonchev–Trinajstić information content (AvgIpc) is 3.29. The maximum absolute atomic E-state index is 6.03. The Morgan fingerprint density at radius 1 is 1.14 bits per heavy atom. The molecule has 1 saturated carbocycles. The lowest BCUT2D eigenvalue weighted by Gasteiger charge is -2.18. The van der Waals surface area contributed by atoms with E-state index in [2.05, 4.69) is 53.4 Å². The van der Waals surface area contributed by atoms with Gasteiger partial charge in [-0.05, 0) is 39.2 Å². The van der Waals surface area contributed by atoms with E-state index in [1.807, 2.05) is 6.92 Å². The molecule has 1 unspecified atom stereocenters. The molecule has 1 aromatic carbocycles. The predicted octanol–water partition coefficient (Wildman–Crippen LogP) is 3.73. The number of nitrogens with one attached hydrogen (secondary N) is 1. The number of nitrogens with two attached hydrogens (primary N) is 1. The number of hydrogen-bond donors (Lipinski definition) is 2. The Bertz CT molecular complexity index is 645. The molecule has 0 amide bonds. The third-order valence-corrected chi connectivity index (χ3v) is 4.07. The average molecular weight is 282 g/mol. The first-order valence-corrected chi connectivity index (χ1v) is 7.51. The molecular weight excluding hydrogens is 260 g/mol. The number of aryl methyl sites for hydroxylation is 1. The van der Waals surface area contributed by atoms with Crippen LogP contribution in [0.25, 0.3) is 0 Å². The van der Waals surface area contributed by atoms with Crippen LogP contribution in [0, 0.1) is 13.8 Å². The molecule has 1 aliphatic carbocycles. The highest BCUT2D eigenvalue weighted by atomic mass is 15.1. The van der Waals surface area contributed by atoms with Crippen LogP contribution < -0.4 is 11.1 Å². The lowest BCUT2D eigenvalue weighted by atomic mass is 10.1. The van der Waals surface area contributed by atoms with Crippen LogP contribution in [0.5, 0.6) is 0 Å². The lowest BCUT2D eigenvalue weighted by molar-refractivity contribution is 0.850. The minimum atomic E-state index is 0.186. The highest BCUT2D eigenvalue weighted by Gasteiger charge is 2.28. The summed E-state index contributed by atoms with van der Waals surface area (Å²) < 4.78 is 0. The summed E-state index contributed by atoms with van der Waals surface area (Å²) >= 11 is 0. The largest absolute Gasteiger partial charge is 0.383 e. The van der Waals surface area contributed by atoms with E-state index in [0.717, 1.165) is 17.2 Å². The van der Waals surface area contributed by atoms with E-state index in [9.17, 15) is 0 Å². The van der Waals surface area contributed by atoms with E-state index in [-0.39, 0.29) is 6.04 Å². The molecule has 0 aliphatic heterocycles. The summed E-state index contributed by atoms with van der Waals surface area (Å²) in [6, 6.07) is 8.74. The van der Waals surface area contributed by atoms with Gasteiger partial charge in [0.15, 0.2) is 0 Å². The normalized spacial score (nSPS) is 15.8. The molecule has 0 saturated heterocycles. The number of anilines is 2. The molecule has 1 aliphatic rings. The Labute approximate surface area is 125 Å². The second-order valence-electron chi connectivity index (χ2n) is 5.99. The number of hydrogen-bond acceptors (Lipinski definition) is 4. The van der Waals surface area contributed by atoms with E-state index in [0.29, 0.717) is 11.7 Å². The topological polar surface area (TPSA) is 63.8 Å². The quantitative estimate of drug-likeness (QED) is 0.897. The van der Waals surface area contributed by atoms with Crippen molar-refractivity contribution >= 4 is 11.6 Å². The Morgan fingerprint density at radius 2 is 1.81 bits per heavy atom. The summed E-state index contributed by atoms with van der Waals surface area (Å²) in [6.07, 6.45) is 2.35. The van der Waals surface area contributed by atoms with E-state index in [1.165, 1.54) is 24.0 Å². The van der Waals surface area contributed by atoms with Crippen molar-refractivity contribution in [2.75, 3.05) is 11.1 Å². The summed E-state index contributed by atoms with van der Waals surface area (Å²) in [7, 11) is 0. The first kappa shape index (κ1) is 13.9. The van der Waals surface area contributed by atoms with Crippen molar-refractivity contribution in [2.45, 2.75) is 45.6 Å². The zero-order valence-electron chi connectivity index (χ0n) is 12.9. The summed E-state index contributed by atoms with van der Waals surface area (Å²) in [5.41, 5.74) is 9.47. The Balaban J connectivity index is 1.84. The molecule has 4 nitrogen and oxygen atoms in total. The van der Waals surface area contributed by atoms with E-state index < -0.39 is 0 Å². The lowest BCUT2D eigenvalue weighted by Crippen LogP contribution is -2.12. The molecule has 21 heavy (non-hydrogen) atoms. The van der Waals surface area contributed by atoms with Gasteiger partial charge in [-0.3, -0.25) is 0 Å². The third-order valence-electron chi connectivity index (χ3n) is 4.07. The van der Waals surface area contributed by atoms with Crippen molar-refractivity contribution in [1.29, 1.82) is 0 Å². The Kier molecular flexibility index (Phi) is 3.53. The number of aromatic nitrogens is 2. The van der Waals surface area contributed by atoms with E-state index in [4.69, 9.17) is 5.73 Å². The zero-order valence-corrected chi connectivity index (χ0v) is 12.9. The number of nitrogens with zero attached hydrogens (tertiary/aromatic N) is 2. The smallest absolute Gasteiger partial charge is 0.136 e. The van der Waals surface area contributed by atoms with Gasteiger partial charge in [0.25, 0.3) is 0 Å². The molecular formula is C17H22N4. The first-order chi connectivity index (χ1) is 10.0. The third kappa shape index (κ3) is 2.99. The summed E-state index contributed by atoms with van der Waals surface area (Å²) in [5.74, 6) is 2.84. The minimum Gasteiger partial charge on any atom is -0.383 e. The maximum Gasteiger partial charge on any atom is 0.136 e. The number of nitrogen functional groups attached to an aromatic ring is 1. The standard InChI is InChI=1S/C17H22N4/c1-10-4-6-13(7-5-10)12(3)19-16-11(2)15(18)20-17(21-16)14-8-9-14/h4-7,12,14H,8-9H2,1-3H3,(H3,18,19,20,21). The van der Waals surface area contributed by atoms with Gasteiger partial charge in [-0.1, -0.05) is 29.8 Å². The fraction of sp³-hybridized carbons (Fsp3) is 0.412. The fourth-order valence-corrected chi connectivity index (χ4v) is 2.36. The number of benzene rings is 1. The highest BCUT2D eigenvalue weighted by Crippen LogP contribution is 2.39. The van der Waals surface area contributed by atoms with Gasteiger partial charge < -0.3 is 11.1 Å². The van der Waals surface area contributed by atoms with Gasteiger partial charge in [-0.15, -0.1) is 0 Å². The van der Waals surface area contributed by atoms with Gasteiger partial charge in [0.1, 0.15) is 17.5 Å². The Morgan fingerprint density at radius 3 is 2.43 bits per heavy atom. The van der Waals surface area contributed by atoms with E-state index >= 15 is 0 Å². The van der Waals surface area contributed by atoms with Crippen LogP contribution in [-0.2, 0) is 0 Å². The van der Waals surface area contributed by atoms with Crippen molar-refractivity contribution < 1.29 is 0 Å². The minimum absolute atomic E-state index is 0.186. The summed E-state index contributed by atoms with van der Waals surface area (Å²) in [4.78, 5) is 9.09. The first-order valence-electron chi connectivity index (χ1n) is 7.51. The molecule has 1 atom stereocenters. The van der Waals surface area contributed by atoms with Crippen LogP contribution in [0.15, 0.2) is 24.3 Å². The zero-order chi connectivity index (χ0) is 15.0. The SMILES string of the molecule is Cc1ccc(C(C)Nc2nc(C3CC3)nc(N)c2C)cc1. The second kappa shape index (κ2) is 5.35. The molecule has 1 heterocycles. The monoisotopic (exact) mass is 282 g/mol. The fourth-order valence-electron chi connectivity index (χ4n) is 2.36. The molecule has 1 fully saturated rings. The van der Waals surface area contributed by atoms with Gasteiger partial charge in [-0.2, -0.15) is 0 Å². The summed E-state index contributed by atoms with van der Waals surface area (Å²) in [6.45, 7) is 6.20. The van der Waals surface area contributed by atoms with Crippen molar-refractivity contribution in [3.63, 3.8) is 0 Å². The highest BCUT2D eigenvalue weighted by molar-refractivity contribution is 5.56. The molecule has 0 radical (unpaired) electrons. The molecule has 4 heteroatoms. The Hall–Kier alpha value is -2.10. The van der Waals surface area contributed by atoms with Gasteiger partial charge in [0.2, 0.25) is 0 Å².